The molecule has 3 aromatic rings. The summed E-state index contributed by atoms with van der Waals surface area (Å²) >= 11 is 0. The third kappa shape index (κ3) is 5.26. The monoisotopic (exact) mass is 440 g/mol. The fraction of sp³-hybridized carbons (Fsp3) is 0.136. The quantitative estimate of drug-likeness (QED) is 0.378. The van der Waals surface area contributed by atoms with E-state index in [9.17, 15) is 28.4 Å². The molecule has 0 radical (unpaired) electrons. The number of anilines is 1. The Balaban J connectivity index is 1.79. The van der Waals surface area contributed by atoms with Crippen LogP contribution in [-0.2, 0) is 22.9 Å². The van der Waals surface area contributed by atoms with Crippen LogP contribution in [-0.4, -0.2) is 24.4 Å². The van der Waals surface area contributed by atoms with Gasteiger partial charge in [-0.25, -0.2) is 13.2 Å². The molecule has 0 aromatic heterocycles. The number of carboxylic acids is 1. The molecule has 160 valence electrons. The number of rotatable bonds is 9. The molecule has 31 heavy (non-hydrogen) atoms. The van der Waals surface area contributed by atoms with Gasteiger partial charge in [0, 0.05) is 6.07 Å². The highest BCUT2D eigenvalue weighted by atomic mass is 32.2. The standard InChI is InChI=1S/C22H20N2O6S/c25-22(26)18-12-3-1-8-16(18)10-7-11-17-9-2-4-13-19(17)23-31(29,30)21-15-6-5-14-20(21)24(27)28/h1-6,8-9,12-15,23H,7,10-11H2,(H,25,26). The second-order valence-corrected chi connectivity index (χ2v) is 8.45. The number of hydrogen-bond acceptors (Lipinski definition) is 5. The van der Waals surface area contributed by atoms with Crippen molar-refractivity contribution in [3.63, 3.8) is 0 Å². The molecule has 9 heteroatoms. The molecule has 8 nitrogen and oxygen atoms in total. The van der Waals surface area contributed by atoms with Crippen molar-refractivity contribution in [3.8, 4) is 0 Å². The maximum absolute atomic E-state index is 12.8. The average Bonchev–Trinajstić information content (AvgIpc) is 2.75. The lowest BCUT2D eigenvalue weighted by atomic mass is 9.99. The molecule has 0 saturated carbocycles. The summed E-state index contributed by atoms with van der Waals surface area (Å²) in [5.74, 6) is -0.992. The largest absolute Gasteiger partial charge is 0.478 e. The third-order valence-electron chi connectivity index (χ3n) is 4.75. The Morgan fingerprint density at radius 3 is 2.19 bits per heavy atom. The molecule has 3 aromatic carbocycles. The smallest absolute Gasteiger partial charge is 0.335 e. The van der Waals surface area contributed by atoms with Crippen LogP contribution in [0.3, 0.4) is 0 Å². The molecule has 0 spiro atoms. The Morgan fingerprint density at radius 2 is 1.48 bits per heavy atom. The van der Waals surface area contributed by atoms with Gasteiger partial charge in [0.25, 0.3) is 15.7 Å². The van der Waals surface area contributed by atoms with Crippen molar-refractivity contribution in [2.75, 3.05) is 4.72 Å². The fourth-order valence-corrected chi connectivity index (χ4v) is 4.56. The molecule has 2 N–H and O–H groups in total. The highest BCUT2D eigenvalue weighted by molar-refractivity contribution is 7.92. The van der Waals surface area contributed by atoms with Crippen LogP contribution in [0, 0.1) is 10.1 Å². The molecular weight excluding hydrogens is 420 g/mol. The van der Waals surface area contributed by atoms with Crippen molar-refractivity contribution in [1.82, 2.24) is 0 Å². The van der Waals surface area contributed by atoms with Crippen molar-refractivity contribution < 1.29 is 23.2 Å². The summed E-state index contributed by atoms with van der Waals surface area (Å²) in [6, 6.07) is 18.7. The predicted molar refractivity (Wildman–Crippen MR) is 116 cm³/mol. The summed E-state index contributed by atoms with van der Waals surface area (Å²) in [5, 5.41) is 20.5. The first kappa shape index (κ1) is 22.0. The van der Waals surface area contributed by atoms with Crippen LogP contribution < -0.4 is 4.72 Å². The Labute approximate surface area is 179 Å². The van der Waals surface area contributed by atoms with E-state index in [1.54, 1.807) is 48.5 Å². The van der Waals surface area contributed by atoms with E-state index >= 15 is 0 Å². The van der Waals surface area contributed by atoms with Crippen LogP contribution in [0.4, 0.5) is 11.4 Å². The van der Waals surface area contributed by atoms with Crippen molar-refractivity contribution in [1.29, 1.82) is 0 Å². The van der Waals surface area contributed by atoms with E-state index in [-0.39, 0.29) is 5.56 Å². The molecule has 0 saturated heterocycles. The maximum atomic E-state index is 12.8. The van der Waals surface area contributed by atoms with Gasteiger partial charge in [-0.05, 0) is 48.6 Å². The molecule has 3 rings (SSSR count). The lowest BCUT2D eigenvalue weighted by molar-refractivity contribution is -0.387. The number of nitro groups is 1. The number of benzene rings is 3. The molecule has 0 aliphatic rings. The number of aryl methyl sites for hydroxylation is 2. The van der Waals surface area contributed by atoms with E-state index < -0.39 is 31.5 Å². The first-order valence-electron chi connectivity index (χ1n) is 9.45. The van der Waals surface area contributed by atoms with Gasteiger partial charge >= 0.3 is 5.97 Å². The molecule has 0 fully saturated rings. The van der Waals surface area contributed by atoms with Crippen molar-refractivity contribution in [2.45, 2.75) is 24.2 Å². The van der Waals surface area contributed by atoms with Crippen molar-refractivity contribution in [3.05, 3.63) is 99.6 Å². The molecule has 0 amide bonds. The van der Waals surface area contributed by atoms with Gasteiger partial charge in [0.15, 0.2) is 4.90 Å². The van der Waals surface area contributed by atoms with E-state index in [1.807, 2.05) is 0 Å². The number of nitro benzene ring substituents is 1. The van der Waals surface area contributed by atoms with Crippen LogP contribution in [0.1, 0.15) is 27.9 Å². The maximum Gasteiger partial charge on any atom is 0.335 e. The second kappa shape index (κ2) is 9.40. The van der Waals surface area contributed by atoms with Gasteiger partial charge in [0.2, 0.25) is 0 Å². The van der Waals surface area contributed by atoms with Gasteiger partial charge in [0.05, 0.1) is 16.2 Å². The second-order valence-electron chi connectivity index (χ2n) is 6.80. The average molecular weight is 440 g/mol. The van der Waals surface area contributed by atoms with Crippen LogP contribution in [0.25, 0.3) is 0 Å². The highest BCUT2D eigenvalue weighted by Crippen LogP contribution is 2.27. The van der Waals surface area contributed by atoms with Crippen LogP contribution in [0.5, 0.6) is 0 Å². The molecule has 0 atom stereocenters. The zero-order valence-electron chi connectivity index (χ0n) is 16.4. The number of nitrogens with zero attached hydrogens (tertiary/aromatic N) is 1. The molecule has 0 aliphatic carbocycles. The Kier molecular flexibility index (Phi) is 6.66. The molecule has 0 bridgehead atoms. The van der Waals surface area contributed by atoms with E-state index in [1.165, 1.54) is 18.2 Å². The van der Waals surface area contributed by atoms with Gasteiger partial charge in [-0.3, -0.25) is 14.8 Å². The van der Waals surface area contributed by atoms with E-state index in [2.05, 4.69) is 4.72 Å². The zero-order valence-corrected chi connectivity index (χ0v) is 17.2. The number of aromatic carboxylic acids is 1. The van der Waals surface area contributed by atoms with E-state index in [0.29, 0.717) is 36.1 Å². The first-order chi connectivity index (χ1) is 14.8. The minimum Gasteiger partial charge on any atom is -0.478 e. The number of carboxylic acid groups (broad SMARTS) is 1. The normalized spacial score (nSPS) is 11.1. The number of hydrogen-bond donors (Lipinski definition) is 2. The summed E-state index contributed by atoms with van der Waals surface area (Å²) < 4.78 is 28.1. The number of carbonyl (C=O) groups is 1. The van der Waals surface area contributed by atoms with Crippen molar-refractivity contribution in [2.24, 2.45) is 0 Å². The fourth-order valence-electron chi connectivity index (χ4n) is 3.29. The Bertz CT molecular complexity index is 1220. The molecule has 0 heterocycles. The zero-order chi connectivity index (χ0) is 22.4. The van der Waals surface area contributed by atoms with Crippen LogP contribution in [0.2, 0.25) is 0 Å². The minimum absolute atomic E-state index is 0.243. The first-order valence-corrected chi connectivity index (χ1v) is 10.9. The molecule has 0 unspecified atom stereocenters. The van der Waals surface area contributed by atoms with Crippen LogP contribution in [0.15, 0.2) is 77.7 Å². The van der Waals surface area contributed by atoms with Gasteiger partial charge in [0.1, 0.15) is 0 Å². The van der Waals surface area contributed by atoms with Gasteiger partial charge in [-0.2, -0.15) is 0 Å². The topological polar surface area (TPSA) is 127 Å². The lowest BCUT2D eigenvalue weighted by Gasteiger charge is -2.13. The minimum atomic E-state index is -4.18. The molecular formula is C22H20N2O6S. The number of sulfonamides is 1. The van der Waals surface area contributed by atoms with E-state index in [0.717, 1.165) is 6.07 Å². The van der Waals surface area contributed by atoms with Gasteiger partial charge < -0.3 is 5.11 Å². The summed E-state index contributed by atoms with van der Waals surface area (Å²) in [4.78, 5) is 21.4. The lowest BCUT2D eigenvalue weighted by Crippen LogP contribution is -2.16. The molecule has 0 aliphatic heterocycles. The number of para-hydroxylation sites is 2. The third-order valence-corrected chi connectivity index (χ3v) is 6.17. The summed E-state index contributed by atoms with van der Waals surface area (Å²) in [6.07, 6.45) is 1.59. The SMILES string of the molecule is O=C(O)c1ccccc1CCCc1ccccc1NS(=O)(=O)c1ccccc1[N+](=O)[O-]. The summed E-state index contributed by atoms with van der Waals surface area (Å²) in [7, 11) is -4.18. The van der Waals surface area contributed by atoms with Crippen LogP contribution >= 0.6 is 0 Å². The van der Waals surface area contributed by atoms with Gasteiger partial charge in [-0.1, -0.05) is 48.5 Å². The number of nitrogens with one attached hydrogen (secondary N) is 1. The Morgan fingerprint density at radius 1 is 0.903 bits per heavy atom. The van der Waals surface area contributed by atoms with Crippen molar-refractivity contribution >= 4 is 27.4 Å². The predicted octanol–water partition coefficient (Wildman–Crippen LogP) is 4.27. The Hall–Kier alpha value is -3.72. The van der Waals surface area contributed by atoms with Gasteiger partial charge in [-0.15, -0.1) is 0 Å². The van der Waals surface area contributed by atoms with E-state index in [4.69, 9.17) is 0 Å². The summed E-state index contributed by atoms with van der Waals surface area (Å²) in [5.41, 5.74) is 1.48. The summed E-state index contributed by atoms with van der Waals surface area (Å²) in [6.45, 7) is 0. The highest BCUT2D eigenvalue weighted by Gasteiger charge is 2.25.